The van der Waals surface area contributed by atoms with E-state index in [-0.39, 0.29) is 32.2 Å². The van der Waals surface area contributed by atoms with E-state index in [1.807, 2.05) is 16.0 Å². The third kappa shape index (κ3) is 26.8. The average molecular weight is 1380 g/mol. The Morgan fingerprint density at radius 3 is 1.72 bits per heavy atom. The number of aliphatic hydroxyl groups is 1. The number of H-pyrrole nitrogens is 1. The average Bonchev–Trinajstić information content (AvgIpc) is 1.82. The summed E-state index contributed by atoms with van der Waals surface area (Å²) in [6.45, 7) is 1.24. The summed E-state index contributed by atoms with van der Waals surface area (Å²) >= 11 is 0. The highest BCUT2D eigenvalue weighted by Crippen LogP contribution is 2.19. The highest BCUT2D eigenvalue weighted by molar-refractivity contribution is 6.01. The largest absolute Gasteiger partial charge is 0.481 e. The zero-order chi connectivity index (χ0) is 73.0. The molecule has 0 radical (unpaired) electrons. The first-order valence-electron chi connectivity index (χ1n) is 30.1. The number of carbonyl (C=O) groups excluding carboxylic acids is 14. The van der Waals surface area contributed by atoms with Crippen LogP contribution in [0.4, 0.5) is 0 Å². The second kappa shape index (κ2) is 39.1. The van der Waals surface area contributed by atoms with Gasteiger partial charge in [0.25, 0.3) is 0 Å². The van der Waals surface area contributed by atoms with Crippen molar-refractivity contribution in [3.05, 3.63) is 36.0 Å². The highest BCUT2D eigenvalue weighted by Gasteiger charge is 2.40. The maximum atomic E-state index is 14.4. The van der Waals surface area contributed by atoms with Crippen LogP contribution in [0.2, 0.25) is 0 Å². The summed E-state index contributed by atoms with van der Waals surface area (Å²) in [5, 5.41) is 75.2. The molecule has 2 heterocycles. The van der Waals surface area contributed by atoms with E-state index in [1.54, 1.807) is 30.5 Å². The van der Waals surface area contributed by atoms with Crippen molar-refractivity contribution in [1.82, 2.24) is 68.8 Å². The summed E-state index contributed by atoms with van der Waals surface area (Å²) in [6, 6.07) is -14.1. The Kier molecular flexibility index (Phi) is 32.4. The summed E-state index contributed by atoms with van der Waals surface area (Å²) in [7, 11) is 0. The molecule has 13 atom stereocenters. The number of aromatic amines is 1. The van der Waals surface area contributed by atoms with Crippen molar-refractivity contribution in [2.24, 2.45) is 23.1 Å². The maximum Gasteiger partial charge on any atom is 0.329 e. The lowest BCUT2D eigenvalue weighted by atomic mass is 9.98. The molecular formula is C57H82N16O24. The second-order valence-electron chi connectivity index (χ2n) is 22.4. The van der Waals surface area contributed by atoms with E-state index in [1.165, 1.54) is 13.8 Å². The molecule has 1 saturated heterocycles. The van der Waals surface area contributed by atoms with Crippen molar-refractivity contribution in [2.45, 2.75) is 164 Å². The molecule has 0 saturated carbocycles. The molecule has 534 valence electrons. The molecule has 40 nitrogen and oxygen atoms in total. The third-order valence-corrected chi connectivity index (χ3v) is 14.7. The fourth-order valence-electron chi connectivity index (χ4n) is 9.24. The van der Waals surface area contributed by atoms with E-state index in [0.29, 0.717) is 16.5 Å². The molecule has 1 aromatic heterocycles. The first-order chi connectivity index (χ1) is 45.6. The molecule has 97 heavy (non-hydrogen) atoms. The number of ether oxygens (including phenoxy) is 1. The van der Waals surface area contributed by atoms with Gasteiger partial charge in [-0.15, -0.1) is 0 Å². The Bertz CT molecular complexity index is 3270. The van der Waals surface area contributed by atoms with Gasteiger partial charge in [0, 0.05) is 23.5 Å². The van der Waals surface area contributed by atoms with E-state index in [4.69, 9.17) is 21.9 Å². The number of hydrogen-bond acceptors (Lipinski definition) is 22. The molecule has 40 heteroatoms. The highest BCUT2D eigenvalue weighted by atomic mass is 16.5. The van der Waals surface area contributed by atoms with Crippen molar-refractivity contribution in [2.75, 3.05) is 26.2 Å². The van der Waals surface area contributed by atoms with Gasteiger partial charge in [0.1, 0.15) is 66.5 Å². The molecule has 1 aromatic carbocycles. The van der Waals surface area contributed by atoms with Gasteiger partial charge in [0.2, 0.25) is 76.8 Å². The van der Waals surface area contributed by atoms with E-state index < -0.39 is 243 Å². The predicted molar refractivity (Wildman–Crippen MR) is 329 cm³/mol. The Morgan fingerprint density at radius 1 is 0.619 bits per heavy atom. The predicted octanol–water partition coefficient (Wildman–Crippen LogP) is -8.98. The summed E-state index contributed by atoms with van der Waals surface area (Å²) < 4.78 is 5.64. The molecule has 24 N–H and O–H groups in total. The molecule has 0 spiro atoms. The van der Waals surface area contributed by atoms with Crippen LogP contribution in [0, 0.1) is 5.92 Å². The lowest BCUT2D eigenvalue weighted by Gasteiger charge is -2.30. The van der Waals surface area contributed by atoms with Crippen molar-refractivity contribution in [3.63, 3.8) is 0 Å². The first kappa shape index (κ1) is 80.3. The number of fused-ring (bicyclic) bond motifs is 1. The summed E-state index contributed by atoms with van der Waals surface area (Å²) in [5.74, 6) is -26.1. The minimum atomic E-state index is -2.28. The van der Waals surface area contributed by atoms with Crippen LogP contribution < -0.4 is 81.0 Å². The number of amides is 13. The number of carboxylic acids is 4. The fourth-order valence-corrected chi connectivity index (χ4v) is 9.24. The van der Waals surface area contributed by atoms with Crippen LogP contribution in [0.3, 0.4) is 0 Å². The number of carbonyl (C=O) groups is 18. The lowest BCUT2D eigenvalue weighted by Crippen LogP contribution is -2.61. The number of esters is 1. The van der Waals surface area contributed by atoms with Crippen LogP contribution in [0.1, 0.15) is 91.0 Å². The monoisotopic (exact) mass is 1370 g/mol. The van der Waals surface area contributed by atoms with Gasteiger partial charge in [-0.1, -0.05) is 38.5 Å². The van der Waals surface area contributed by atoms with Crippen molar-refractivity contribution in [1.29, 1.82) is 0 Å². The summed E-state index contributed by atoms with van der Waals surface area (Å²) in [4.78, 5) is 242. The fraction of sp³-hybridized carbons (Fsp3) is 0.544. The topological polar surface area (TPSA) is 656 Å². The van der Waals surface area contributed by atoms with Crippen molar-refractivity contribution in [3.8, 4) is 0 Å². The number of para-hydroxylation sites is 1. The number of benzene rings is 1. The quantitative estimate of drug-likeness (QED) is 0.0411. The van der Waals surface area contributed by atoms with Crippen molar-refractivity contribution < 1.29 is 117 Å². The van der Waals surface area contributed by atoms with Gasteiger partial charge in [-0.2, -0.15) is 0 Å². The summed E-state index contributed by atoms with van der Waals surface area (Å²) in [6.07, 6.45) is -7.07. The van der Waals surface area contributed by atoms with Crippen LogP contribution >= 0.6 is 0 Å². The molecule has 1 aliphatic heterocycles. The van der Waals surface area contributed by atoms with Gasteiger partial charge in [-0.3, -0.25) is 81.5 Å². The Morgan fingerprint density at radius 2 is 1.14 bits per heavy atom. The number of rotatable bonds is 25. The second-order valence-corrected chi connectivity index (χ2v) is 22.4. The van der Waals surface area contributed by atoms with Crippen LogP contribution in [-0.4, -0.2) is 236 Å². The van der Waals surface area contributed by atoms with Gasteiger partial charge in [0.05, 0.1) is 51.4 Å². The maximum absolute atomic E-state index is 14.4. The number of nitrogens with one attached hydrogen (secondary N) is 13. The number of cyclic esters (lactones) is 1. The molecule has 0 aliphatic carbocycles. The molecule has 0 bridgehead atoms. The zero-order valence-corrected chi connectivity index (χ0v) is 53.0. The molecule has 3 rings (SSSR count). The molecular weight excluding hydrogens is 1290 g/mol. The molecule has 1 aliphatic rings. The minimum absolute atomic E-state index is 0.0234. The summed E-state index contributed by atoms with van der Waals surface area (Å²) in [5.41, 5.74) is 18.6. The molecule has 1 fully saturated rings. The number of nitrogens with two attached hydrogens (primary N) is 3. The number of aliphatic carboxylic acids is 4. The normalized spacial score (nSPS) is 23.1. The lowest BCUT2D eigenvalue weighted by molar-refractivity contribution is -0.157. The standard InChI is InChI=1S/C57H82N16O24/c1-5-24(2)45-57(96)97-26(4)46(73-54(93)36(19-44(84)85)71-53(92)33(16-38(60)75)69-48(87)29(59)15-27-20-61-30-10-7-6-9-28(27)30)56(95)63-22-39(76)65-31(11-8-14-58)50(89)70-35(18-43(82)83)52(91)64-25(3)47(86)68-34(17-42(80)81)49(88)62-21-40(77)66-37(23-74)55(94)67-32(51(90)72-45)12-13-41(78)79/h6-7,9-10,20,24-26,29,31-37,45-46,61,74H,5,8,11-19,21-23,58-59H2,1-4H3,(H2,60,75)(H,62,88)(H,63,95)(H,64,91)(H,65,76)(H,66,77)(H,67,94)(H,68,86)(H,69,87)(H,70,89)(H,71,92)(H,72,90)(H,73,93)(H,78,79)(H,80,81)(H,82,83)(H,84,85). The smallest absolute Gasteiger partial charge is 0.329 e. The molecule has 13 amide bonds. The van der Waals surface area contributed by atoms with Gasteiger partial charge in [-0.05, 0) is 63.6 Å². The van der Waals surface area contributed by atoms with Gasteiger partial charge < -0.3 is 116 Å². The van der Waals surface area contributed by atoms with E-state index in [2.05, 4.69) is 52.8 Å². The van der Waals surface area contributed by atoms with Gasteiger partial charge in [0.15, 0.2) is 0 Å². The van der Waals surface area contributed by atoms with Crippen LogP contribution in [0.25, 0.3) is 10.9 Å². The van der Waals surface area contributed by atoms with Crippen LogP contribution in [0.5, 0.6) is 0 Å². The Balaban J connectivity index is 2.16. The minimum Gasteiger partial charge on any atom is -0.481 e. The first-order valence-corrected chi connectivity index (χ1v) is 30.1. The van der Waals surface area contributed by atoms with Crippen LogP contribution in [0.15, 0.2) is 30.5 Å². The number of aromatic nitrogens is 1. The van der Waals surface area contributed by atoms with Crippen molar-refractivity contribution >= 4 is 118 Å². The number of carboxylic acid groups (broad SMARTS) is 4. The number of aliphatic hydroxyl groups excluding tert-OH is 1. The molecule has 2 aromatic rings. The Labute approximate surface area is 551 Å². The number of hydrogen-bond donors (Lipinski definition) is 21. The van der Waals surface area contributed by atoms with E-state index in [9.17, 15) is 112 Å². The molecule has 13 unspecified atom stereocenters. The third-order valence-electron chi connectivity index (χ3n) is 14.7. The number of primary amides is 1. The van der Waals surface area contributed by atoms with Crippen LogP contribution in [-0.2, 0) is 97.5 Å². The van der Waals surface area contributed by atoms with Gasteiger partial charge >= 0.3 is 29.8 Å². The van der Waals surface area contributed by atoms with Gasteiger partial charge in [-0.25, -0.2) is 4.79 Å². The zero-order valence-electron chi connectivity index (χ0n) is 53.0. The Hall–Kier alpha value is -10.9. The van der Waals surface area contributed by atoms with E-state index >= 15 is 0 Å². The SMILES string of the molecule is CCC(C)C1NC(=O)C(CCC(=O)O)NC(=O)C(CO)NC(=O)CNC(=O)C(CC(=O)O)NC(=O)C(C)NC(=O)C(CC(=O)O)NC(=O)C(CCCN)NC(=O)CNC(=O)C(NC(=O)C(CC(=O)O)NC(=O)C(CC(N)=O)NC(=O)C(N)Cc2c[nH]c3ccccc23)C(C)OC1=O. The van der Waals surface area contributed by atoms with E-state index in [0.717, 1.165) is 13.8 Å².